The molecule has 1 aliphatic rings. The SMILES string of the molecule is CC(C)CN(CC(OP(=O)(O)O)C(Cc1ccccc1)NC(=O)OC1CCOC1)S(=O)(=O)c1ccc(N)cc1.[Ca+2]. The Morgan fingerprint density at radius 3 is 2.35 bits per heavy atom. The van der Waals surface area contributed by atoms with Gasteiger partial charge in [-0.15, -0.1) is 0 Å². The Hall–Kier alpha value is -1.25. The number of hydrogen-bond acceptors (Lipinski definition) is 8. The molecular weight excluding hydrogens is 589 g/mol. The summed E-state index contributed by atoms with van der Waals surface area (Å²) in [5.74, 6) is -0.142. The van der Waals surface area contributed by atoms with E-state index in [0.717, 1.165) is 9.87 Å². The minimum absolute atomic E-state index is 0. The molecule has 0 aliphatic carbocycles. The van der Waals surface area contributed by atoms with Gasteiger partial charge in [-0.3, -0.25) is 4.52 Å². The van der Waals surface area contributed by atoms with Crippen LogP contribution in [0, 0.1) is 5.92 Å². The van der Waals surface area contributed by atoms with Crippen LogP contribution in [0.4, 0.5) is 10.5 Å². The third-order valence-corrected chi connectivity index (χ3v) is 8.35. The molecule has 216 valence electrons. The molecule has 0 spiro atoms. The molecule has 5 N–H and O–H groups in total. The summed E-state index contributed by atoms with van der Waals surface area (Å²) in [6.07, 6.45) is -2.14. The van der Waals surface area contributed by atoms with Crippen LogP contribution in [0.5, 0.6) is 0 Å². The maximum atomic E-state index is 13.6. The first kappa shape index (κ1) is 34.9. The number of carbonyl (C=O) groups excluding carboxylic acids is 1. The number of anilines is 1. The second kappa shape index (κ2) is 15.8. The molecule has 1 saturated heterocycles. The van der Waals surface area contributed by atoms with Gasteiger partial charge in [-0.2, -0.15) is 4.31 Å². The molecule has 1 aliphatic heterocycles. The largest absolute Gasteiger partial charge is 2.00 e. The second-order valence-corrected chi connectivity index (χ2v) is 12.9. The number of phosphoric acid groups is 1. The molecular formula is C25H36CaN3O9PS+2. The Morgan fingerprint density at radius 2 is 1.80 bits per heavy atom. The van der Waals surface area contributed by atoms with E-state index in [1.54, 1.807) is 30.3 Å². The Labute approximate surface area is 264 Å². The van der Waals surface area contributed by atoms with Crippen molar-refractivity contribution in [3.63, 3.8) is 0 Å². The average Bonchev–Trinajstić information content (AvgIpc) is 3.35. The number of benzene rings is 2. The number of nitrogens with one attached hydrogen (secondary N) is 1. The fourth-order valence-electron chi connectivity index (χ4n) is 4.16. The molecule has 3 atom stereocenters. The van der Waals surface area contributed by atoms with Gasteiger partial charge in [0.2, 0.25) is 10.0 Å². The molecule has 40 heavy (non-hydrogen) atoms. The van der Waals surface area contributed by atoms with Crippen LogP contribution >= 0.6 is 7.82 Å². The monoisotopic (exact) mass is 625 g/mol. The second-order valence-electron chi connectivity index (χ2n) is 9.75. The van der Waals surface area contributed by atoms with Crippen LogP contribution in [-0.2, 0) is 35.0 Å². The molecule has 2 aromatic carbocycles. The summed E-state index contributed by atoms with van der Waals surface area (Å²) in [6, 6.07) is 13.5. The molecule has 0 radical (unpaired) electrons. The van der Waals surface area contributed by atoms with Crippen LogP contribution < -0.4 is 11.1 Å². The van der Waals surface area contributed by atoms with E-state index >= 15 is 0 Å². The van der Waals surface area contributed by atoms with E-state index in [0.29, 0.717) is 18.7 Å². The van der Waals surface area contributed by atoms with Gasteiger partial charge in [-0.1, -0.05) is 44.2 Å². The van der Waals surface area contributed by atoms with Crippen molar-refractivity contribution in [3.05, 3.63) is 60.2 Å². The molecule has 0 aromatic heterocycles. The number of carbonyl (C=O) groups is 1. The molecule has 0 saturated carbocycles. The molecule has 0 bridgehead atoms. The van der Waals surface area contributed by atoms with Gasteiger partial charge in [0, 0.05) is 25.2 Å². The molecule has 3 rings (SSSR count). The Bertz CT molecular complexity index is 1220. The van der Waals surface area contributed by atoms with Gasteiger partial charge in [0.1, 0.15) is 12.2 Å². The number of phosphoric ester groups is 1. The standard InChI is InChI=1S/C25H36N3O9PS.Ca/c1-18(2)15-28(39(33,34)22-10-8-20(26)9-11-22)16-24(37-38(30,31)32)23(14-19-6-4-3-5-7-19)27-25(29)36-21-12-13-35-17-21;/h3-11,18,21,23-24H,12-17,26H2,1-2H3,(H,27,29)(H2,30,31,32);/q;+2. The normalized spacial score (nSPS) is 17.3. The molecule has 1 heterocycles. The number of alkyl carbamates (subject to hydrolysis) is 1. The molecule has 1 fully saturated rings. The number of nitrogen functional groups attached to an aromatic ring is 1. The Morgan fingerprint density at radius 1 is 1.15 bits per heavy atom. The maximum Gasteiger partial charge on any atom is 2.00 e. The maximum absolute atomic E-state index is 13.6. The number of amides is 1. The van der Waals surface area contributed by atoms with Gasteiger partial charge in [0.05, 0.1) is 24.2 Å². The number of nitrogens with zero attached hydrogens (tertiary/aromatic N) is 1. The summed E-state index contributed by atoms with van der Waals surface area (Å²) in [7, 11) is -9.26. The van der Waals surface area contributed by atoms with Crippen molar-refractivity contribution in [2.75, 3.05) is 32.0 Å². The average molecular weight is 626 g/mol. The summed E-state index contributed by atoms with van der Waals surface area (Å²) >= 11 is 0. The Kier molecular flexibility index (Phi) is 13.8. The topological polar surface area (TPSA) is 178 Å². The smallest absolute Gasteiger partial charge is 0.444 e. The zero-order valence-corrected chi connectivity index (χ0v) is 26.5. The minimum atomic E-state index is -5.12. The van der Waals surface area contributed by atoms with Crippen molar-refractivity contribution < 1.29 is 41.6 Å². The van der Waals surface area contributed by atoms with Crippen LogP contribution in [0.3, 0.4) is 0 Å². The van der Waals surface area contributed by atoms with Crippen molar-refractivity contribution in [3.8, 4) is 0 Å². The van der Waals surface area contributed by atoms with E-state index in [1.807, 2.05) is 13.8 Å². The van der Waals surface area contributed by atoms with Gasteiger partial charge >= 0.3 is 51.7 Å². The summed E-state index contributed by atoms with van der Waals surface area (Å²) < 4.78 is 56.2. The first-order valence-corrected chi connectivity index (χ1v) is 15.5. The minimum Gasteiger partial charge on any atom is -0.444 e. The van der Waals surface area contributed by atoms with Crippen LogP contribution in [0.1, 0.15) is 25.8 Å². The number of rotatable bonds is 13. The quantitative estimate of drug-likeness (QED) is 0.146. The molecule has 1 amide bonds. The van der Waals surface area contributed by atoms with Gasteiger partial charge in [0.25, 0.3) is 0 Å². The van der Waals surface area contributed by atoms with Crippen molar-refractivity contribution in [2.24, 2.45) is 5.92 Å². The summed E-state index contributed by atoms with van der Waals surface area (Å²) in [5.41, 5.74) is 6.82. The van der Waals surface area contributed by atoms with E-state index in [-0.39, 0.29) is 68.1 Å². The molecule has 3 unspecified atom stereocenters. The third kappa shape index (κ3) is 11.2. The van der Waals surface area contributed by atoms with Crippen LogP contribution in [0.25, 0.3) is 0 Å². The summed E-state index contributed by atoms with van der Waals surface area (Å²) in [6.45, 7) is 3.87. The third-order valence-electron chi connectivity index (χ3n) is 5.96. The van der Waals surface area contributed by atoms with Gasteiger partial charge in [-0.25, -0.2) is 17.8 Å². The summed E-state index contributed by atoms with van der Waals surface area (Å²) in [5, 5.41) is 2.65. The fraction of sp³-hybridized carbons (Fsp3) is 0.480. The van der Waals surface area contributed by atoms with E-state index < -0.39 is 48.7 Å². The molecule has 15 heteroatoms. The zero-order valence-electron chi connectivity index (χ0n) is 22.6. The predicted molar refractivity (Wildman–Crippen MR) is 150 cm³/mol. The van der Waals surface area contributed by atoms with Crippen LogP contribution in [0.2, 0.25) is 0 Å². The van der Waals surface area contributed by atoms with Crippen LogP contribution in [0.15, 0.2) is 59.5 Å². The predicted octanol–water partition coefficient (Wildman–Crippen LogP) is 2.14. The van der Waals surface area contributed by atoms with Gasteiger partial charge in [0.15, 0.2) is 0 Å². The van der Waals surface area contributed by atoms with Crippen molar-refractivity contribution in [2.45, 2.75) is 49.8 Å². The number of nitrogens with two attached hydrogens (primary N) is 1. The van der Waals surface area contributed by atoms with E-state index in [1.165, 1.54) is 24.3 Å². The number of sulfonamides is 1. The summed E-state index contributed by atoms with van der Waals surface area (Å²) in [4.78, 5) is 32.3. The molecule has 2 aromatic rings. The van der Waals surface area contributed by atoms with Gasteiger partial charge in [-0.05, 0) is 42.2 Å². The van der Waals surface area contributed by atoms with Crippen molar-refractivity contribution in [1.29, 1.82) is 0 Å². The van der Waals surface area contributed by atoms with E-state index in [2.05, 4.69) is 5.32 Å². The zero-order chi connectivity index (χ0) is 28.6. The van der Waals surface area contributed by atoms with Gasteiger partial charge < -0.3 is 30.3 Å². The molecule has 12 nitrogen and oxygen atoms in total. The number of hydrogen-bond donors (Lipinski definition) is 4. The van der Waals surface area contributed by atoms with Crippen LogP contribution in [-0.4, -0.2) is 111 Å². The number of ether oxygens (including phenoxy) is 2. The first-order chi connectivity index (χ1) is 18.3. The Balaban J connectivity index is 0.00000560. The van der Waals surface area contributed by atoms with E-state index in [4.69, 9.17) is 19.7 Å². The van der Waals surface area contributed by atoms with E-state index in [9.17, 15) is 27.6 Å². The fourth-order valence-corrected chi connectivity index (χ4v) is 6.35. The first-order valence-electron chi connectivity index (χ1n) is 12.5. The van der Waals surface area contributed by atoms with Crippen molar-refractivity contribution >= 4 is 67.4 Å². The van der Waals surface area contributed by atoms with Crippen molar-refractivity contribution in [1.82, 2.24) is 9.62 Å².